The number of unbranched alkanes of at least 4 members (excludes halogenated alkanes) is 1. The Morgan fingerprint density at radius 3 is 2.60 bits per heavy atom. The number of hydrogen-bond donors (Lipinski definition) is 0. The fourth-order valence-corrected chi connectivity index (χ4v) is 0.662. The molecular weight excluding hydrogens is 130 g/mol. The summed E-state index contributed by atoms with van der Waals surface area (Å²) < 4.78 is 4.52. The summed E-state index contributed by atoms with van der Waals surface area (Å²) in [6, 6.07) is 0. The highest BCUT2D eigenvalue weighted by Gasteiger charge is 1.89. The third-order valence-corrected chi connectivity index (χ3v) is 1.19. The van der Waals surface area contributed by atoms with Crippen LogP contribution < -0.4 is 0 Å². The highest BCUT2D eigenvalue weighted by atomic mass is 16.5. The van der Waals surface area contributed by atoms with Crippen molar-refractivity contribution in [3.63, 3.8) is 0 Å². The molecule has 0 heterocycles. The van der Waals surface area contributed by atoms with Gasteiger partial charge in [-0.25, -0.2) is 0 Å². The highest BCUT2D eigenvalue weighted by Crippen LogP contribution is 1.89. The average Bonchev–Trinajstić information content (AvgIpc) is 1.87. The van der Waals surface area contributed by atoms with E-state index >= 15 is 0 Å². The van der Waals surface area contributed by atoms with Crippen molar-refractivity contribution in [3.05, 3.63) is 0 Å². The molecule has 10 heavy (non-hydrogen) atoms. The number of carbonyl (C=O) groups excluding carboxylic acids is 1. The van der Waals surface area contributed by atoms with Crippen LogP contribution in [-0.4, -0.2) is 38.6 Å². The average molecular weight is 145 g/mol. The van der Waals surface area contributed by atoms with Gasteiger partial charge in [0.05, 0.1) is 6.61 Å². The Bertz CT molecular complexity index is 83.7. The summed E-state index contributed by atoms with van der Waals surface area (Å²) in [5.74, 6) is 0. The largest absolute Gasteiger partial charge is 0.468 e. The molecule has 0 unspecified atom stereocenters. The number of nitrogens with zero attached hydrogens (tertiary/aromatic N) is 1. The van der Waals surface area contributed by atoms with Gasteiger partial charge in [-0.15, -0.1) is 0 Å². The maximum absolute atomic E-state index is 9.67. The zero-order valence-corrected chi connectivity index (χ0v) is 6.67. The van der Waals surface area contributed by atoms with Gasteiger partial charge in [0, 0.05) is 0 Å². The van der Waals surface area contributed by atoms with Crippen LogP contribution in [0.1, 0.15) is 12.8 Å². The van der Waals surface area contributed by atoms with E-state index in [0.29, 0.717) is 13.1 Å². The van der Waals surface area contributed by atoms with Gasteiger partial charge < -0.3 is 9.64 Å². The molecule has 0 aliphatic carbocycles. The Kier molecular flexibility index (Phi) is 6.18. The molecular formula is C7H15NO2. The summed E-state index contributed by atoms with van der Waals surface area (Å²) in [6.45, 7) is 2.11. The molecule has 0 atom stereocenters. The SMILES string of the molecule is CN(C)CCCCOC=O. The fraction of sp³-hybridized carbons (Fsp3) is 0.857. The molecule has 0 spiro atoms. The van der Waals surface area contributed by atoms with Crippen molar-refractivity contribution < 1.29 is 9.53 Å². The van der Waals surface area contributed by atoms with Crippen LogP contribution in [-0.2, 0) is 9.53 Å². The van der Waals surface area contributed by atoms with E-state index in [2.05, 4.69) is 9.64 Å². The van der Waals surface area contributed by atoms with Gasteiger partial charge >= 0.3 is 0 Å². The molecule has 0 radical (unpaired) electrons. The fourth-order valence-electron chi connectivity index (χ4n) is 0.662. The number of carbonyl (C=O) groups is 1. The first-order valence-corrected chi connectivity index (χ1v) is 3.47. The van der Waals surface area contributed by atoms with Crippen molar-refractivity contribution in [3.8, 4) is 0 Å². The molecule has 0 saturated carbocycles. The van der Waals surface area contributed by atoms with E-state index in [1.807, 2.05) is 14.1 Å². The quantitative estimate of drug-likeness (QED) is 0.402. The van der Waals surface area contributed by atoms with Crippen molar-refractivity contribution in [2.45, 2.75) is 12.8 Å². The van der Waals surface area contributed by atoms with E-state index in [-0.39, 0.29) is 0 Å². The topological polar surface area (TPSA) is 29.5 Å². The van der Waals surface area contributed by atoms with E-state index in [9.17, 15) is 4.79 Å². The van der Waals surface area contributed by atoms with Gasteiger partial charge in [-0.05, 0) is 33.5 Å². The van der Waals surface area contributed by atoms with Crippen LogP contribution in [0.25, 0.3) is 0 Å². The van der Waals surface area contributed by atoms with Gasteiger partial charge in [-0.3, -0.25) is 4.79 Å². The van der Waals surface area contributed by atoms with Gasteiger partial charge in [-0.1, -0.05) is 0 Å². The Morgan fingerprint density at radius 2 is 2.10 bits per heavy atom. The lowest BCUT2D eigenvalue weighted by Gasteiger charge is -2.07. The second-order valence-corrected chi connectivity index (χ2v) is 2.48. The first kappa shape index (κ1) is 9.43. The molecule has 0 N–H and O–H groups in total. The maximum atomic E-state index is 9.67. The van der Waals surface area contributed by atoms with E-state index in [1.54, 1.807) is 0 Å². The van der Waals surface area contributed by atoms with Gasteiger partial charge in [0.15, 0.2) is 0 Å². The van der Waals surface area contributed by atoms with E-state index in [1.165, 1.54) is 0 Å². The molecule has 0 aromatic carbocycles. The summed E-state index contributed by atoms with van der Waals surface area (Å²) >= 11 is 0. The lowest BCUT2D eigenvalue weighted by molar-refractivity contribution is -0.128. The van der Waals surface area contributed by atoms with Crippen molar-refractivity contribution in [1.82, 2.24) is 4.90 Å². The Morgan fingerprint density at radius 1 is 1.40 bits per heavy atom. The minimum absolute atomic E-state index is 0.496. The second-order valence-electron chi connectivity index (χ2n) is 2.48. The molecule has 0 aliphatic heterocycles. The van der Waals surface area contributed by atoms with Crippen LogP contribution in [0.5, 0.6) is 0 Å². The van der Waals surface area contributed by atoms with E-state index in [0.717, 1.165) is 19.4 Å². The lowest BCUT2D eigenvalue weighted by Crippen LogP contribution is -2.13. The number of rotatable bonds is 6. The predicted octanol–water partition coefficient (Wildman–Crippen LogP) is 0.501. The van der Waals surface area contributed by atoms with Gasteiger partial charge in [-0.2, -0.15) is 0 Å². The third kappa shape index (κ3) is 7.43. The van der Waals surface area contributed by atoms with Crippen LogP contribution in [0.15, 0.2) is 0 Å². The Hall–Kier alpha value is -0.570. The van der Waals surface area contributed by atoms with Crippen molar-refractivity contribution in [2.24, 2.45) is 0 Å². The minimum Gasteiger partial charge on any atom is -0.468 e. The van der Waals surface area contributed by atoms with Crippen LogP contribution in [0.3, 0.4) is 0 Å². The van der Waals surface area contributed by atoms with E-state index < -0.39 is 0 Å². The standard InChI is InChI=1S/C7H15NO2/c1-8(2)5-3-4-6-10-7-9/h7H,3-6H2,1-2H3. The van der Waals surface area contributed by atoms with Crippen LogP contribution in [0.2, 0.25) is 0 Å². The summed E-state index contributed by atoms with van der Waals surface area (Å²) in [7, 11) is 4.06. The molecule has 0 amide bonds. The van der Waals surface area contributed by atoms with Crippen LogP contribution in [0.4, 0.5) is 0 Å². The van der Waals surface area contributed by atoms with Crippen molar-refractivity contribution in [1.29, 1.82) is 0 Å². The Balaban J connectivity index is 2.83. The summed E-state index contributed by atoms with van der Waals surface area (Å²) in [5.41, 5.74) is 0. The highest BCUT2D eigenvalue weighted by molar-refractivity contribution is 5.36. The van der Waals surface area contributed by atoms with E-state index in [4.69, 9.17) is 0 Å². The normalized spacial score (nSPS) is 9.90. The molecule has 0 saturated heterocycles. The summed E-state index contributed by atoms with van der Waals surface area (Å²) in [6.07, 6.45) is 2.04. The summed E-state index contributed by atoms with van der Waals surface area (Å²) in [5, 5.41) is 0. The zero-order chi connectivity index (χ0) is 7.82. The van der Waals surface area contributed by atoms with Gasteiger partial charge in [0.25, 0.3) is 6.47 Å². The zero-order valence-electron chi connectivity index (χ0n) is 6.67. The maximum Gasteiger partial charge on any atom is 0.293 e. The predicted molar refractivity (Wildman–Crippen MR) is 39.8 cm³/mol. The first-order valence-electron chi connectivity index (χ1n) is 3.47. The molecule has 3 nitrogen and oxygen atoms in total. The van der Waals surface area contributed by atoms with Gasteiger partial charge in [0.2, 0.25) is 0 Å². The molecule has 0 aliphatic rings. The third-order valence-electron chi connectivity index (χ3n) is 1.19. The van der Waals surface area contributed by atoms with Crippen LogP contribution in [0, 0.1) is 0 Å². The lowest BCUT2D eigenvalue weighted by atomic mass is 10.3. The first-order chi connectivity index (χ1) is 4.77. The van der Waals surface area contributed by atoms with Crippen LogP contribution >= 0.6 is 0 Å². The number of ether oxygens (including phenoxy) is 1. The molecule has 60 valence electrons. The molecule has 0 aromatic rings. The van der Waals surface area contributed by atoms with Crippen molar-refractivity contribution >= 4 is 6.47 Å². The monoisotopic (exact) mass is 145 g/mol. The smallest absolute Gasteiger partial charge is 0.293 e. The molecule has 0 aromatic heterocycles. The molecule has 0 rings (SSSR count). The van der Waals surface area contributed by atoms with Crippen molar-refractivity contribution in [2.75, 3.05) is 27.2 Å². The molecule has 0 fully saturated rings. The molecule has 0 bridgehead atoms. The minimum atomic E-state index is 0.496. The number of hydrogen-bond acceptors (Lipinski definition) is 3. The Labute approximate surface area is 62.0 Å². The molecule has 3 heteroatoms. The van der Waals surface area contributed by atoms with Gasteiger partial charge in [0.1, 0.15) is 0 Å². The second kappa shape index (κ2) is 6.55. The summed E-state index contributed by atoms with van der Waals surface area (Å²) in [4.78, 5) is 11.8.